The van der Waals surface area contributed by atoms with Crippen molar-refractivity contribution in [2.75, 3.05) is 6.61 Å². The van der Waals surface area contributed by atoms with Crippen LogP contribution in [0.25, 0.3) is 0 Å². The maximum absolute atomic E-state index is 11.2. The number of aryl methyl sites for hydroxylation is 1. The molecule has 18 heavy (non-hydrogen) atoms. The number of carbonyl (C=O) groups excluding carboxylic acids is 2. The molecule has 0 heterocycles. The maximum Gasteiger partial charge on any atom is 0.334 e. The van der Waals surface area contributed by atoms with Crippen molar-refractivity contribution in [3.8, 4) is 5.75 Å². The summed E-state index contributed by atoms with van der Waals surface area (Å²) in [6.45, 7) is 5.56. The topological polar surface area (TPSA) is 52.6 Å². The second-order valence-corrected chi connectivity index (χ2v) is 3.77. The molecule has 1 aromatic rings. The van der Waals surface area contributed by atoms with Gasteiger partial charge in [-0.25, -0.2) is 4.79 Å². The Hall–Kier alpha value is -2.10. The fourth-order valence-corrected chi connectivity index (χ4v) is 1.41. The van der Waals surface area contributed by atoms with E-state index in [0.717, 1.165) is 11.8 Å². The molecule has 0 spiro atoms. The first-order valence-electron chi connectivity index (χ1n) is 5.65. The van der Waals surface area contributed by atoms with Crippen LogP contribution in [0.5, 0.6) is 5.75 Å². The highest BCUT2D eigenvalue weighted by Gasteiger charge is 2.05. The average molecular weight is 248 g/mol. The lowest BCUT2D eigenvalue weighted by molar-refractivity contribution is -0.137. The van der Waals surface area contributed by atoms with E-state index in [1.165, 1.54) is 6.08 Å². The van der Waals surface area contributed by atoms with Gasteiger partial charge in [-0.05, 0) is 32.9 Å². The molecule has 0 aliphatic heterocycles. The fraction of sp³-hybridized carbons (Fsp3) is 0.286. The molecule has 0 aliphatic carbocycles. The van der Waals surface area contributed by atoms with Gasteiger partial charge in [-0.2, -0.15) is 0 Å². The van der Waals surface area contributed by atoms with Crippen LogP contribution < -0.4 is 4.74 Å². The van der Waals surface area contributed by atoms with Crippen LogP contribution in [0.2, 0.25) is 0 Å². The van der Waals surface area contributed by atoms with Gasteiger partial charge >= 0.3 is 5.97 Å². The molecular weight excluding hydrogens is 232 g/mol. The molecule has 0 bridgehead atoms. The number of hydrogen-bond donors (Lipinski definition) is 0. The van der Waals surface area contributed by atoms with Crippen molar-refractivity contribution in [2.24, 2.45) is 0 Å². The molecule has 0 fully saturated rings. The zero-order valence-electron chi connectivity index (χ0n) is 10.7. The molecule has 0 saturated heterocycles. The van der Waals surface area contributed by atoms with Crippen LogP contribution in [0.3, 0.4) is 0 Å². The van der Waals surface area contributed by atoms with Crippen LogP contribution in [-0.2, 0) is 9.53 Å². The standard InChI is InChI=1S/C14H16O4/c1-4-17-14(16)8-11(3)18-13-6-5-10(2)7-12(13)9-15/h5-9H,4H2,1-3H3/b11-8+. The molecule has 0 aromatic heterocycles. The van der Waals surface area contributed by atoms with Crippen LogP contribution in [0.1, 0.15) is 29.8 Å². The van der Waals surface area contributed by atoms with Crippen molar-refractivity contribution >= 4 is 12.3 Å². The summed E-state index contributed by atoms with van der Waals surface area (Å²) in [5.41, 5.74) is 1.42. The molecule has 0 aliphatic rings. The largest absolute Gasteiger partial charge is 0.463 e. The molecule has 1 rings (SSSR count). The van der Waals surface area contributed by atoms with E-state index in [2.05, 4.69) is 0 Å². The van der Waals surface area contributed by atoms with Crippen molar-refractivity contribution in [2.45, 2.75) is 20.8 Å². The monoisotopic (exact) mass is 248 g/mol. The number of ether oxygens (including phenoxy) is 2. The van der Waals surface area contributed by atoms with E-state index in [-0.39, 0.29) is 0 Å². The van der Waals surface area contributed by atoms with E-state index in [4.69, 9.17) is 9.47 Å². The minimum Gasteiger partial charge on any atom is -0.463 e. The summed E-state index contributed by atoms with van der Waals surface area (Å²) in [6, 6.07) is 5.25. The van der Waals surface area contributed by atoms with E-state index in [0.29, 0.717) is 23.7 Å². The lowest BCUT2D eigenvalue weighted by atomic mass is 10.1. The van der Waals surface area contributed by atoms with Gasteiger partial charge in [0.25, 0.3) is 0 Å². The van der Waals surface area contributed by atoms with E-state index in [1.807, 2.05) is 13.0 Å². The third kappa shape index (κ3) is 4.05. The third-order valence-corrected chi connectivity index (χ3v) is 2.17. The van der Waals surface area contributed by atoms with Gasteiger partial charge in [-0.3, -0.25) is 4.79 Å². The van der Waals surface area contributed by atoms with Crippen LogP contribution in [0, 0.1) is 6.92 Å². The molecule has 0 amide bonds. The summed E-state index contributed by atoms with van der Waals surface area (Å²) < 4.78 is 10.2. The van der Waals surface area contributed by atoms with Gasteiger partial charge in [-0.1, -0.05) is 11.6 Å². The summed E-state index contributed by atoms with van der Waals surface area (Å²) in [6.07, 6.45) is 1.97. The van der Waals surface area contributed by atoms with Crippen molar-refractivity contribution in [3.05, 3.63) is 41.2 Å². The highest BCUT2D eigenvalue weighted by molar-refractivity contribution is 5.83. The normalized spacial score (nSPS) is 10.9. The predicted octanol–water partition coefficient (Wildman–Crippen LogP) is 2.65. The van der Waals surface area contributed by atoms with E-state index in [1.54, 1.807) is 26.0 Å². The van der Waals surface area contributed by atoms with Crippen LogP contribution >= 0.6 is 0 Å². The minimum atomic E-state index is -0.463. The molecule has 0 saturated carbocycles. The van der Waals surface area contributed by atoms with Crippen LogP contribution in [0.4, 0.5) is 0 Å². The predicted molar refractivity (Wildman–Crippen MR) is 67.6 cm³/mol. The minimum absolute atomic E-state index is 0.312. The molecule has 96 valence electrons. The molecule has 0 atom stereocenters. The molecule has 4 heteroatoms. The third-order valence-electron chi connectivity index (χ3n) is 2.17. The molecule has 0 unspecified atom stereocenters. The van der Waals surface area contributed by atoms with Gasteiger partial charge in [0, 0.05) is 0 Å². The molecular formula is C14H16O4. The first kappa shape index (κ1) is 14.0. The fourth-order valence-electron chi connectivity index (χ4n) is 1.41. The van der Waals surface area contributed by atoms with Crippen molar-refractivity contribution in [1.82, 2.24) is 0 Å². The summed E-state index contributed by atoms with van der Waals surface area (Å²) in [5.74, 6) is 0.337. The number of rotatable bonds is 5. The molecule has 4 nitrogen and oxygen atoms in total. The summed E-state index contributed by atoms with van der Waals surface area (Å²) in [5, 5.41) is 0. The second kappa shape index (κ2) is 6.59. The van der Waals surface area contributed by atoms with Crippen LogP contribution in [-0.4, -0.2) is 18.9 Å². The van der Waals surface area contributed by atoms with Crippen molar-refractivity contribution in [3.63, 3.8) is 0 Å². The lowest BCUT2D eigenvalue weighted by Crippen LogP contribution is -2.03. The Morgan fingerprint density at radius 3 is 2.72 bits per heavy atom. The second-order valence-electron chi connectivity index (χ2n) is 3.77. The van der Waals surface area contributed by atoms with E-state index >= 15 is 0 Å². The number of hydrogen-bond acceptors (Lipinski definition) is 4. The summed E-state index contributed by atoms with van der Waals surface area (Å²) in [7, 11) is 0. The number of carbonyl (C=O) groups is 2. The Balaban J connectivity index is 2.84. The number of benzene rings is 1. The first-order valence-corrected chi connectivity index (χ1v) is 5.65. The maximum atomic E-state index is 11.2. The van der Waals surface area contributed by atoms with Crippen molar-refractivity contribution < 1.29 is 19.1 Å². The van der Waals surface area contributed by atoms with Gasteiger partial charge in [-0.15, -0.1) is 0 Å². The Morgan fingerprint density at radius 1 is 1.39 bits per heavy atom. The first-order chi connectivity index (χ1) is 8.56. The van der Waals surface area contributed by atoms with E-state index in [9.17, 15) is 9.59 Å². The highest BCUT2D eigenvalue weighted by atomic mass is 16.5. The van der Waals surface area contributed by atoms with E-state index < -0.39 is 5.97 Å². The average Bonchev–Trinajstić information content (AvgIpc) is 2.31. The van der Waals surface area contributed by atoms with Gasteiger partial charge in [0.1, 0.15) is 11.5 Å². The number of aldehydes is 1. The quantitative estimate of drug-likeness (QED) is 0.348. The summed E-state index contributed by atoms with van der Waals surface area (Å²) in [4.78, 5) is 22.1. The molecule has 1 aromatic carbocycles. The highest BCUT2D eigenvalue weighted by Crippen LogP contribution is 2.20. The zero-order valence-corrected chi connectivity index (χ0v) is 10.7. The Bertz CT molecular complexity index is 475. The SMILES string of the molecule is CCOC(=O)/C=C(\C)Oc1ccc(C)cc1C=O. The Labute approximate surface area is 106 Å². The van der Waals surface area contributed by atoms with Gasteiger partial charge < -0.3 is 9.47 Å². The lowest BCUT2D eigenvalue weighted by Gasteiger charge is -2.08. The van der Waals surface area contributed by atoms with Gasteiger partial charge in [0.2, 0.25) is 0 Å². The smallest absolute Gasteiger partial charge is 0.334 e. The van der Waals surface area contributed by atoms with Gasteiger partial charge in [0.05, 0.1) is 18.2 Å². The van der Waals surface area contributed by atoms with Crippen molar-refractivity contribution in [1.29, 1.82) is 0 Å². The zero-order chi connectivity index (χ0) is 13.5. The number of allylic oxidation sites excluding steroid dienone is 1. The molecule has 0 radical (unpaired) electrons. The van der Waals surface area contributed by atoms with Gasteiger partial charge in [0.15, 0.2) is 6.29 Å². The Morgan fingerprint density at radius 2 is 2.11 bits per heavy atom. The molecule has 0 N–H and O–H groups in total. The van der Waals surface area contributed by atoms with Crippen LogP contribution in [0.15, 0.2) is 30.0 Å². The number of esters is 1. The Kier molecular flexibility index (Phi) is 5.11. The summed E-state index contributed by atoms with van der Waals surface area (Å²) >= 11 is 0.